The van der Waals surface area contributed by atoms with Crippen molar-refractivity contribution in [2.75, 3.05) is 44.7 Å². The van der Waals surface area contributed by atoms with Crippen LogP contribution in [-0.4, -0.2) is 70.1 Å². The van der Waals surface area contributed by atoms with Gasteiger partial charge < -0.3 is 15.5 Å². The third-order valence-electron chi connectivity index (χ3n) is 3.82. The molecule has 6 nitrogen and oxygen atoms in total. The molecule has 130 valence electrons. The van der Waals surface area contributed by atoms with Crippen LogP contribution in [0.3, 0.4) is 0 Å². The zero-order valence-electron chi connectivity index (χ0n) is 14.3. The topological polar surface area (TPSA) is 73.8 Å². The zero-order valence-corrected chi connectivity index (χ0v) is 15.1. The number of hydrogen-bond acceptors (Lipinski definition) is 4. The standard InChI is InChI=1S/C15H32N4O2S/c1-4-9-19(10-5-2)11-6-8-17-15(16-3)18-14-7-12-22(20,21)13-14/h14H,4-13H2,1-3H3,(H2,16,17,18). The lowest BCUT2D eigenvalue weighted by Crippen LogP contribution is -2.44. The Kier molecular flexibility index (Phi) is 8.78. The molecule has 22 heavy (non-hydrogen) atoms. The van der Waals surface area contributed by atoms with Gasteiger partial charge in [-0.15, -0.1) is 0 Å². The molecule has 1 aliphatic rings. The Labute approximate surface area is 135 Å². The maximum Gasteiger partial charge on any atom is 0.191 e. The largest absolute Gasteiger partial charge is 0.356 e. The van der Waals surface area contributed by atoms with Gasteiger partial charge in [0, 0.05) is 19.6 Å². The molecule has 0 aromatic heterocycles. The third kappa shape index (κ3) is 7.45. The summed E-state index contributed by atoms with van der Waals surface area (Å²) in [6.07, 6.45) is 4.10. The quantitative estimate of drug-likeness (QED) is 0.372. The Morgan fingerprint density at radius 1 is 1.23 bits per heavy atom. The monoisotopic (exact) mass is 332 g/mol. The van der Waals surface area contributed by atoms with E-state index >= 15 is 0 Å². The Morgan fingerprint density at radius 2 is 1.91 bits per heavy atom. The minimum Gasteiger partial charge on any atom is -0.356 e. The van der Waals surface area contributed by atoms with Crippen LogP contribution in [0.5, 0.6) is 0 Å². The molecule has 1 heterocycles. The van der Waals surface area contributed by atoms with Crippen molar-refractivity contribution in [2.45, 2.75) is 45.6 Å². The summed E-state index contributed by atoms with van der Waals surface area (Å²) in [5, 5.41) is 6.49. The number of rotatable bonds is 9. The van der Waals surface area contributed by atoms with Crippen molar-refractivity contribution in [1.82, 2.24) is 15.5 Å². The molecule has 1 rings (SSSR count). The van der Waals surface area contributed by atoms with Gasteiger partial charge in [-0.3, -0.25) is 4.99 Å². The highest BCUT2D eigenvalue weighted by Crippen LogP contribution is 2.10. The zero-order chi connectivity index (χ0) is 16.4. The average Bonchev–Trinajstić information content (AvgIpc) is 2.81. The fourth-order valence-electron chi connectivity index (χ4n) is 2.77. The van der Waals surface area contributed by atoms with E-state index in [0.29, 0.717) is 12.4 Å². The molecule has 0 aliphatic carbocycles. The minimum atomic E-state index is -2.85. The molecule has 0 amide bonds. The van der Waals surface area contributed by atoms with Gasteiger partial charge in [0.1, 0.15) is 0 Å². The van der Waals surface area contributed by atoms with Crippen molar-refractivity contribution in [2.24, 2.45) is 4.99 Å². The predicted octanol–water partition coefficient (Wildman–Crippen LogP) is 0.851. The van der Waals surface area contributed by atoms with Gasteiger partial charge >= 0.3 is 0 Å². The molecule has 0 aromatic carbocycles. The van der Waals surface area contributed by atoms with E-state index < -0.39 is 9.84 Å². The van der Waals surface area contributed by atoms with E-state index in [1.54, 1.807) is 7.05 Å². The molecule has 1 aliphatic heterocycles. The fraction of sp³-hybridized carbons (Fsp3) is 0.933. The van der Waals surface area contributed by atoms with E-state index in [0.717, 1.165) is 32.6 Å². The van der Waals surface area contributed by atoms with Crippen molar-refractivity contribution in [3.05, 3.63) is 0 Å². The van der Waals surface area contributed by atoms with E-state index in [4.69, 9.17) is 0 Å². The summed E-state index contributed by atoms with van der Waals surface area (Å²) < 4.78 is 22.9. The fourth-order valence-corrected chi connectivity index (χ4v) is 4.45. The van der Waals surface area contributed by atoms with E-state index in [9.17, 15) is 8.42 Å². The summed E-state index contributed by atoms with van der Waals surface area (Å²) in [6.45, 7) is 8.67. The Bertz CT molecular complexity index is 431. The highest BCUT2D eigenvalue weighted by Gasteiger charge is 2.28. The van der Waals surface area contributed by atoms with Crippen LogP contribution >= 0.6 is 0 Å². The van der Waals surface area contributed by atoms with Crippen LogP contribution in [0.4, 0.5) is 0 Å². The first-order valence-electron chi connectivity index (χ1n) is 8.40. The number of hydrogen-bond donors (Lipinski definition) is 2. The van der Waals surface area contributed by atoms with Crippen molar-refractivity contribution in [3.63, 3.8) is 0 Å². The summed E-state index contributed by atoms with van der Waals surface area (Å²) in [7, 11) is -1.13. The molecule has 1 unspecified atom stereocenters. The lowest BCUT2D eigenvalue weighted by atomic mass is 10.3. The number of sulfone groups is 1. The molecule has 0 bridgehead atoms. The average molecular weight is 333 g/mol. The van der Waals surface area contributed by atoms with Crippen molar-refractivity contribution >= 4 is 15.8 Å². The SMILES string of the molecule is CCCN(CCC)CCCNC(=NC)NC1CCS(=O)(=O)C1. The van der Waals surface area contributed by atoms with E-state index in [1.807, 2.05) is 0 Å². The maximum absolute atomic E-state index is 11.5. The Balaban J connectivity index is 2.24. The molecular formula is C15H32N4O2S. The molecule has 0 radical (unpaired) electrons. The maximum atomic E-state index is 11.5. The van der Waals surface area contributed by atoms with Gasteiger partial charge in [-0.25, -0.2) is 8.42 Å². The number of guanidine groups is 1. The Hall–Kier alpha value is -0.820. The first-order chi connectivity index (χ1) is 10.5. The lowest BCUT2D eigenvalue weighted by molar-refractivity contribution is 0.271. The summed E-state index contributed by atoms with van der Waals surface area (Å²) in [5.41, 5.74) is 0. The van der Waals surface area contributed by atoms with Gasteiger partial charge in [0.15, 0.2) is 15.8 Å². The molecule has 1 fully saturated rings. The molecule has 1 saturated heterocycles. The van der Waals surface area contributed by atoms with Gasteiger partial charge in [-0.05, 0) is 45.3 Å². The first-order valence-corrected chi connectivity index (χ1v) is 10.2. The third-order valence-corrected chi connectivity index (χ3v) is 5.59. The summed E-state index contributed by atoms with van der Waals surface area (Å²) >= 11 is 0. The number of nitrogens with one attached hydrogen (secondary N) is 2. The van der Waals surface area contributed by atoms with Gasteiger partial charge in [0.2, 0.25) is 0 Å². The Morgan fingerprint density at radius 3 is 2.41 bits per heavy atom. The molecule has 0 aromatic rings. The van der Waals surface area contributed by atoms with E-state index in [1.165, 1.54) is 12.8 Å². The summed E-state index contributed by atoms with van der Waals surface area (Å²) in [4.78, 5) is 6.66. The minimum absolute atomic E-state index is 0.00659. The summed E-state index contributed by atoms with van der Waals surface area (Å²) in [5.74, 6) is 1.21. The highest BCUT2D eigenvalue weighted by atomic mass is 32.2. The van der Waals surface area contributed by atoms with Crippen LogP contribution in [0.2, 0.25) is 0 Å². The normalized spacial score (nSPS) is 21.3. The van der Waals surface area contributed by atoms with E-state index in [2.05, 4.69) is 34.4 Å². The van der Waals surface area contributed by atoms with Crippen molar-refractivity contribution < 1.29 is 8.42 Å². The second-order valence-corrected chi connectivity index (χ2v) is 8.17. The second kappa shape index (κ2) is 10.0. The van der Waals surface area contributed by atoms with Gasteiger partial charge in [0.05, 0.1) is 11.5 Å². The lowest BCUT2D eigenvalue weighted by Gasteiger charge is -2.21. The number of nitrogens with zero attached hydrogens (tertiary/aromatic N) is 2. The first kappa shape index (κ1) is 19.2. The second-order valence-electron chi connectivity index (χ2n) is 5.94. The molecular weight excluding hydrogens is 300 g/mol. The number of aliphatic imine (C=N–C) groups is 1. The molecule has 0 spiro atoms. The predicted molar refractivity (Wildman–Crippen MR) is 93.2 cm³/mol. The van der Waals surface area contributed by atoms with E-state index in [-0.39, 0.29) is 17.5 Å². The molecule has 2 N–H and O–H groups in total. The van der Waals surface area contributed by atoms with Crippen LogP contribution in [0, 0.1) is 0 Å². The van der Waals surface area contributed by atoms with Crippen LogP contribution in [0.25, 0.3) is 0 Å². The molecule has 7 heteroatoms. The van der Waals surface area contributed by atoms with Crippen LogP contribution in [0.15, 0.2) is 4.99 Å². The van der Waals surface area contributed by atoms with Gasteiger partial charge in [0.25, 0.3) is 0 Å². The summed E-state index contributed by atoms with van der Waals surface area (Å²) in [6, 6.07) is -0.00659. The van der Waals surface area contributed by atoms with Gasteiger partial charge in [-0.2, -0.15) is 0 Å². The van der Waals surface area contributed by atoms with Gasteiger partial charge in [-0.1, -0.05) is 13.8 Å². The smallest absolute Gasteiger partial charge is 0.191 e. The molecule has 0 saturated carbocycles. The van der Waals surface area contributed by atoms with Crippen molar-refractivity contribution in [1.29, 1.82) is 0 Å². The van der Waals surface area contributed by atoms with Crippen LogP contribution in [0.1, 0.15) is 39.5 Å². The van der Waals surface area contributed by atoms with Crippen LogP contribution in [-0.2, 0) is 9.84 Å². The van der Waals surface area contributed by atoms with Crippen LogP contribution < -0.4 is 10.6 Å². The highest BCUT2D eigenvalue weighted by molar-refractivity contribution is 7.91. The molecule has 1 atom stereocenters. The van der Waals surface area contributed by atoms with Crippen molar-refractivity contribution in [3.8, 4) is 0 Å².